The average molecular weight is 315 g/mol. The molecule has 1 aromatic heterocycles. The molecule has 2 aromatic rings. The van der Waals surface area contributed by atoms with E-state index in [9.17, 15) is 14.0 Å². The molecule has 0 aliphatic carbocycles. The molecule has 0 saturated carbocycles. The van der Waals surface area contributed by atoms with Crippen LogP contribution in [0.3, 0.4) is 0 Å². The quantitative estimate of drug-likeness (QED) is 0.936. The summed E-state index contributed by atoms with van der Waals surface area (Å²) >= 11 is 3.23. The Morgan fingerprint density at radius 3 is 2.78 bits per heavy atom. The fraction of sp³-hybridized carbons (Fsp3) is 0.182. The molecule has 0 bridgehead atoms. The molecule has 0 unspecified atom stereocenters. The van der Waals surface area contributed by atoms with Crippen LogP contribution >= 0.6 is 15.9 Å². The average Bonchev–Trinajstić information content (AvgIpc) is 2.32. The van der Waals surface area contributed by atoms with Crippen LogP contribution in [0.1, 0.15) is 5.69 Å². The summed E-state index contributed by atoms with van der Waals surface area (Å²) in [6, 6.07) is 4.74. The number of aliphatic carboxylic acids is 1. The van der Waals surface area contributed by atoms with E-state index in [0.29, 0.717) is 9.86 Å². The first-order valence-corrected chi connectivity index (χ1v) is 5.79. The standard InChI is InChI=1S/C11H8BrFN2O3/c12-6-1-2-7-8(3-6)9(4-13)14-15(11(7)18)5-10(16)17/h1-3H,4-5H2,(H,16,17). The minimum atomic E-state index is -1.20. The molecular formula is C11H8BrFN2O3. The highest BCUT2D eigenvalue weighted by Gasteiger charge is 2.12. The first kappa shape index (κ1) is 12.7. The van der Waals surface area contributed by atoms with Crippen LogP contribution < -0.4 is 5.56 Å². The molecule has 7 heteroatoms. The van der Waals surface area contributed by atoms with Gasteiger partial charge >= 0.3 is 5.97 Å². The monoisotopic (exact) mass is 314 g/mol. The number of halogens is 2. The topological polar surface area (TPSA) is 72.2 Å². The molecule has 1 aromatic carbocycles. The highest BCUT2D eigenvalue weighted by atomic mass is 79.9. The van der Waals surface area contributed by atoms with Crippen molar-refractivity contribution >= 4 is 32.7 Å². The van der Waals surface area contributed by atoms with Gasteiger partial charge in [0.05, 0.1) is 5.39 Å². The Morgan fingerprint density at radius 2 is 2.17 bits per heavy atom. The molecule has 5 nitrogen and oxygen atoms in total. The van der Waals surface area contributed by atoms with E-state index in [0.717, 1.165) is 4.68 Å². The Bertz CT molecular complexity index is 684. The third-order valence-electron chi connectivity index (χ3n) is 2.41. The smallest absolute Gasteiger partial charge is 0.325 e. The number of aromatic nitrogens is 2. The zero-order valence-electron chi connectivity index (χ0n) is 9.06. The Kier molecular flexibility index (Phi) is 3.42. The second kappa shape index (κ2) is 4.85. The van der Waals surface area contributed by atoms with E-state index in [4.69, 9.17) is 5.11 Å². The first-order chi connectivity index (χ1) is 8.52. The van der Waals surface area contributed by atoms with Crippen molar-refractivity contribution in [3.63, 3.8) is 0 Å². The Balaban J connectivity index is 2.78. The molecule has 0 fully saturated rings. The highest BCUT2D eigenvalue weighted by molar-refractivity contribution is 9.10. The maximum absolute atomic E-state index is 12.9. The second-order valence-electron chi connectivity index (χ2n) is 3.63. The van der Waals surface area contributed by atoms with Crippen LogP contribution in [-0.2, 0) is 18.0 Å². The normalized spacial score (nSPS) is 10.8. The van der Waals surface area contributed by atoms with Crippen molar-refractivity contribution < 1.29 is 14.3 Å². The van der Waals surface area contributed by atoms with Crippen LogP contribution in [0.25, 0.3) is 10.8 Å². The van der Waals surface area contributed by atoms with E-state index in [-0.39, 0.29) is 11.1 Å². The van der Waals surface area contributed by atoms with Crippen molar-refractivity contribution in [2.45, 2.75) is 13.2 Å². The van der Waals surface area contributed by atoms with Crippen LogP contribution in [0, 0.1) is 0 Å². The van der Waals surface area contributed by atoms with Gasteiger partial charge in [-0.3, -0.25) is 9.59 Å². The summed E-state index contributed by atoms with van der Waals surface area (Å²) < 4.78 is 14.3. The van der Waals surface area contributed by atoms with Gasteiger partial charge in [0.1, 0.15) is 18.9 Å². The zero-order chi connectivity index (χ0) is 13.3. The van der Waals surface area contributed by atoms with E-state index in [1.165, 1.54) is 6.07 Å². The van der Waals surface area contributed by atoms with Crippen LogP contribution in [-0.4, -0.2) is 20.9 Å². The van der Waals surface area contributed by atoms with E-state index >= 15 is 0 Å². The van der Waals surface area contributed by atoms with Gasteiger partial charge in [0.25, 0.3) is 5.56 Å². The molecule has 0 spiro atoms. The lowest BCUT2D eigenvalue weighted by Crippen LogP contribution is -2.27. The molecule has 1 heterocycles. The minimum absolute atomic E-state index is 0.0483. The van der Waals surface area contributed by atoms with Gasteiger partial charge in [0.15, 0.2) is 0 Å². The number of rotatable bonds is 3. The van der Waals surface area contributed by atoms with E-state index < -0.39 is 24.7 Å². The number of alkyl halides is 1. The Labute approximate surface area is 109 Å². The van der Waals surface area contributed by atoms with Crippen molar-refractivity contribution in [1.29, 1.82) is 0 Å². The van der Waals surface area contributed by atoms with Crippen molar-refractivity contribution in [1.82, 2.24) is 9.78 Å². The number of carbonyl (C=O) groups is 1. The first-order valence-electron chi connectivity index (χ1n) is 5.00. The summed E-state index contributed by atoms with van der Waals surface area (Å²) in [4.78, 5) is 22.6. The lowest BCUT2D eigenvalue weighted by molar-refractivity contribution is -0.138. The molecule has 0 saturated heterocycles. The van der Waals surface area contributed by atoms with Gasteiger partial charge in [0, 0.05) is 9.86 Å². The van der Waals surface area contributed by atoms with Crippen molar-refractivity contribution in [2.24, 2.45) is 0 Å². The fourth-order valence-corrected chi connectivity index (χ4v) is 2.02. The fourth-order valence-electron chi connectivity index (χ4n) is 1.66. The molecule has 0 atom stereocenters. The van der Waals surface area contributed by atoms with Gasteiger partial charge in [-0.15, -0.1) is 0 Å². The van der Waals surface area contributed by atoms with Crippen LogP contribution in [0.5, 0.6) is 0 Å². The number of benzene rings is 1. The highest BCUT2D eigenvalue weighted by Crippen LogP contribution is 2.20. The third kappa shape index (κ3) is 2.26. The molecule has 0 aliphatic rings. The molecule has 18 heavy (non-hydrogen) atoms. The predicted molar refractivity (Wildman–Crippen MR) is 66.2 cm³/mol. The molecule has 0 radical (unpaired) electrons. The summed E-state index contributed by atoms with van der Waals surface area (Å²) in [7, 11) is 0. The largest absolute Gasteiger partial charge is 0.480 e. The van der Waals surface area contributed by atoms with Crippen LogP contribution in [0.4, 0.5) is 4.39 Å². The maximum atomic E-state index is 12.9. The van der Waals surface area contributed by atoms with Gasteiger partial charge in [0.2, 0.25) is 0 Å². The lowest BCUT2D eigenvalue weighted by atomic mass is 10.1. The minimum Gasteiger partial charge on any atom is -0.480 e. The van der Waals surface area contributed by atoms with Gasteiger partial charge < -0.3 is 5.11 Å². The second-order valence-corrected chi connectivity index (χ2v) is 4.54. The molecule has 2 rings (SSSR count). The van der Waals surface area contributed by atoms with Crippen molar-refractivity contribution in [3.8, 4) is 0 Å². The Hall–Kier alpha value is -1.76. The molecule has 1 N–H and O–H groups in total. The number of fused-ring (bicyclic) bond motifs is 1. The molecular weight excluding hydrogens is 307 g/mol. The van der Waals surface area contributed by atoms with Gasteiger partial charge in [-0.25, -0.2) is 9.07 Å². The van der Waals surface area contributed by atoms with E-state index in [1.54, 1.807) is 12.1 Å². The van der Waals surface area contributed by atoms with Gasteiger partial charge in [-0.2, -0.15) is 5.10 Å². The summed E-state index contributed by atoms with van der Waals surface area (Å²) in [5.41, 5.74) is -0.496. The van der Waals surface area contributed by atoms with Crippen LogP contribution in [0.2, 0.25) is 0 Å². The number of hydrogen-bond acceptors (Lipinski definition) is 3. The summed E-state index contributed by atoms with van der Waals surface area (Å²) in [6.07, 6.45) is 0. The SMILES string of the molecule is O=C(O)Cn1nc(CF)c2cc(Br)ccc2c1=O. The zero-order valence-corrected chi connectivity index (χ0v) is 10.6. The summed E-state index contributed by atoms with van der Waals surface area (Å²) in [6.45, 7) is -1.45. The lowest BCUT2D eigenvalue weighted by Gasteiger charge is -2.07. The van der Waals surface area contributed by atoms with Crippen molar-refractivity contribution in [3.05, 3.63) is 38.7 Å². The van der Waals surface area contributed by atoms with Crippen LogP contribution in [0.15, 0.2) is 27.5 Å². The third-order valence-corrected chi connectivity index (χ3v) is 2.90. The number of nitrogens with zero attached hydrogens (tertiary/aromatic N) is 2. The summed E-state index contributed by atoms with van der Waals surface area (Å²) in [5, 5.41) is 13.0. The maximum Gasteiger partial charge on any atom is 0.325 e. The number of hydrogen-bond donors (Lipinski definition) is 1. The summed E-state index contributed by atoms with van der Waals surface area (Å²) in [5.74, 6) is -1.20. The number of carboxylic acid groups (broad SMARTS) is 1. The van der Waals surface area contributed by atoms with Crippen molar-refractivity contribution in [2.75, 3.05) is 0 Å². The van der Waals surface area contributed by atoms with E-state index in [1.807, 2.05) is 0 Å². The van der Waals surface area contributed by atoms with Gasteiger partial charge in [-0.05, 0) is 18.2 Å². The Morgan fingerprint density at radius 1 is 1.44 bits per heavy atom. The molecule has 0 aliphatic heterocycles. The molecule has 94 valence electrons. The molecule has 0 amide bonds. The van der Waals surface area contributed by atoms with E-state index in [2.05, 4.69) is 21.0 Å². The number of carboxylic acids is 1. The van der Waals surface area contributed by atoms with Gasteiger partial charge in [-0.1, -0.05) is 15.9 Å². The predicted octanol–water partition coefficient (Wildman–Crippen LogP) is 1.71.